The second kappa shape index (κ2) is 4.95. The Balaban J connectivity index is 0.000000531. The lowest BCUT2D eigenvalue weighted by atomic mass is 10.1. The van der Waals surface area contributed by atoms with Gasteiger partial charge < -0.3 is 0 Å². The van der Waals surface area contributed by atoms with E-state index in [0.717, 1.165) is 16.8 Å². The van der Waals surface area contributed by atoms with E-state index < -0.39 is 0 Å². The Hall–Kier alpha value is -1.33. The smallest absolute Gasteiger partial charge is 0.0571 e. The van der Waals surface area contributed by atoms with Gasteiger partial charge in [0.05, 0.1) is 10.4 Å². The number of fused-ring (bicyclic) bond motifs is 1. The summed E-state index contributed by atoms with van der Waals surface area (Å²) in [4.78, 5) is 4.30. The van der Waals surface area contributed by atoms with E-state index in [1.165, 1.54) is 10.1 Å². The van der Waals surface area contributed by atoms with Gasteiger partial charge >= 0.3 is 0 Å². The monoisotopic (exact) mass is 217 g/mol. The number of pyridine rings is 1. The van der Waals surface area contributed by atoms with Gasteiger partial charge in [0, 0.05) is 22.5 Å². The van der Waals surface area contributed by atoms with Gasteiger partial charge in [0.1, 0.15) is 0 Å². The molecule has 0 unspecified atom stereocenters. The Bertz CT molecular complexity index is 503. The lowest BCUT2D eigenvalue weighted by Gasteiger charge is -1.98. The van der Waals surface area contributed by atoms with E-state index in [1.807, 2.05) is 39.3 Å². The molecule has 0 bridgehead atoms. The lowest BCUT2D eigenvalue weighted by Crippen LogP contribution is -1.84. The first-order valence-electron chi connectivity index (χ1n) is 5.04. The summed E-state index contributed by atoms with van der Waals surface area (Å²) in [5.41, 5.74) is 3.21. The quantitative estimate of drug-likeness (QED) is 0.609. The fourth-order valence-electron chi connectivity index (χ4n) is 1.44. The molecule has 0 aromatic carbocycles. The van der Waals surface area contributed by atoms with Gasteiger partial charge in [0.15, 0.2) is 0 Å². The Morgan fingerprint density at radius 1 is 1.33 bits per heavy atom. The zero-order valence-corrected chi connectivity index (χ0v) is 10.4. The Morgan fingerprint density at radius 2 is 2.00 bits per heavy atom. The molecule has 2 heterocycles. The van der Waals surface area contributed by atoms with Gasteiger partial charge in [-0.3, -0.25) is 4.98 Å². The average molecular weight is 217 g/mol. The van der Waals surface area contributed by atoms with Crippen LogP contribution in [0.25, 0.3) is 10.1 Å². The maximum Gasteiger partial charge on any atom is 0.0571 e. The zero-order valence-electron chi connectivity index (χ0n) is 9.59. The number of aryl methyl sites for hydroxylation is 2. The fraction of sp³-hybridized carbons (Fsp3) is 0.308. The van der Waals surface area contributed by atoms with Crippen molar-refractivity contribution in [3.05, 3.63) is 28.4 Å². The lowest BCUT2D eigenvalue weighted by molar-refractivity contribution is 1.22. The summed E-state index contributed by atoms with van der Waals surface area (Å²) in [5, 5.41) is 3.21. The second-order valence-corrected chi connectivity index (χ2v) is 3.90. The molecule has 2 heteroatoms. The van der Waals surface area contributed by atoms with Crippen molar-refractivity contribution in [1.29, 1.82) is 0 Å². The molecule has 2 rings (SSSR count). The number of hydrogen-bond acceptors (Lipinski definition) is 2. The first-order valence-corrected chi connectivity index (χ1v) is 5.92. The highest BCUT2D eigenvalue weighted by Gasteiger charge is 2.07. The van der Waals surface area contributed by atoms with Crippen LogP contribution in [0, 0.1) is 26.2 Å². The van der Waals surface area contributed by atoms with Gasteiger partial charge in [-0.15, -0.1) is 17.8 Å². The minimum atomic E-state index is 0.989. The van der Waals surface area contributed by atoms with Crippen molar-refractivity contribution < 1.29 is 0 Å². The van der Waals surface area contributed by atoms with Gasteiger partial charge in [-0.1, -0.05) is 19.8 Å². The molecule has 1 nitrogen and oxygen atoms in total. The molecule has 0 radical (unpaired) electrons. The largest absolute Gasteiger partial charge is 0.260 e. The summed E-state index contributed by atoms with van der Waals surface area (Å²) in [7, 11) is 0. The molecule has 0 aliphatic heterocycles. The van der Waals surface area contributed by atoms with E-state index in [4.69, 9.17) is 6.42 Å². The number of terminal acetylenes is 1. The molecule has 78 valence electrons. The zero-order chi connectivity index (χ0) is 11.4. The molecule has 0 amide bonds. The summed E-state index contributed by atoms with van der Waals surface area (Å²) in [6.07, 6.45) is 7.30. The van der Waals surface area contributed by atoms with Crippen LogP contribution in [-0.2, 0) is 0 Å². The van der Waals surface area contributed by atoms with Gasteiger partial charge in [-0.05, 0) is 19.4 Å². The predicted octanol–water partition coefficient (Wildman–Crippen LogP) is 3.92. The molecule has 0 aliphatic carbocycles. The van der Waals surface area contributed by atoms with Crippen LogP contribution in [0.2, 0.25) is 0 Å². The van der Waals surface area contributed by atoms with Crippen LogP contribution in [0.3, 0.4) is 0 Å². The van der Waals surface area contributed by atoms with Crippen molar-refractivity contribution in [2.24, 2.45) is 0 Å². The number of nitrogens with zero attached hydrogens (tertiary/aromatic N) is 1. The number of thiophene rings is 1. The maximum atomic E-state index is 5.42. The standard InChI is InChI=1S/C11H9NS.C2H6/c1-4-9-6-13-11-8(3)12-5-7(2)10(9)11;1-2/h1,5-6H,2-3H3;1-2H3. The summed E-state index contributed by atoms with van der Waals surface area (Å²) in [6, 6.07) is 0. The number of hydrogen-bond donors (Lipinski definition) is 0. The van der Waals surface area contributed by atoms with Crippen molar-refractivity contribution in [1.82, 2.24) is 4.98 Å². The van der Waals surface area contributed by atoms with Crippen LogP contribution in [0.1, 0.15) is 30.7 Å². The van der Waals surface area contributed by atoms with Gasteiger partial charge in [0.2, 0.25) is 0 Å². The van der Waals surface area contributed by atoms with Crippen molar-refractivity contribution >= 4 is 21.4 Å². The summed E-state index contributed by atoms with van der Waals surface area (Å²) >= 11 is 1.67. The van der Waals surface area contributed by atoms with Crippen LogP contribution >= 0.6 is 11.3 Å². The van der Waals surface area contributed by atoms with E-state index >= 15 is 0 Å². The third-order valence-electron chi connectivity index (χ3n) is 2.12. The van der Waals surface area contributed by atoms with Crippen molar-refractivity contribution in [3.63, 3.8) is 0 Å². The van der Waals surface area contributed by atoms with Crippen LogP contribution in [0.5, 0.6) is 0 Å². The second-order valence-electron chi connectivity index (χ2n) is 3.02. The SMILES string of the molecule is C#Cc1csc2c(C)ncc(C)c12.CC. The highest BCUT2D eigenvalue weighted by Crippen LogP contribution is 2.29. The Morgan fingerprint density at radius 3 is 2.60 bits per heavy atom. The summed E-state index contributed by atoms with van der Waals surface area (Å²) < 4.78 is 1.22. The Labute approximate surface area is 95.2 Å². The first kappa shape index (κ1) is 11.7. The topological polar surface area (TPSA) is 12.9 Å². The van der Waals surface area contributed by atoms with E-state index in [2.05, 4.69) is 10.9 Å². The molecule has 2 aromatic heterocycles. The molecule has 0 saturated carbocycles. The van der Waals surface area contributed by atoms with Crippen LogP contribution in [0.15, 0.2) is 11.6 Å². The molecule has 15 heavy (non-hydrogen) atoms. The third kappa shape index (κ3) is 2.03. The first-order chi connectivity index (χ1) is 7.24. The van der Waals surface area contributed by atoms with Gasteiger partial charge in [-0.2, -0.15) is 0 Å². The van der Waals surface area contributed by atoms with Crippen molar-refractivity contribution in [2.75, 3.05) is 0 Å². The van der Waals surface area contributed by atoms with E-state index in [0.29, 0.717) is 0 Å². The molecule has 0 atom stereocenters. The summed E-state index contributed by atoms with van der Waals surface area (Å²) in [6.45, 7) is 8.06. The van der Waals surface area contributed by atoms with Crippen molar-refractivity contribution in [3.8, 4) is 12.3 Å². The molecule has 0 spiro atoms. The molecule has 0 fully saturated rings. The molecule has 0 N–H and O–H groups in total. The fourth-order valence-corrected chi connectivity index (χ4v) is 2.47. The highest BCUT2D eigenvalue weighted by molar-refractivity contribution is 7.17. The number of rotatable bonds is 0. The maximum absolute atomic E-state index is 5.42. The van der Waals surface area contributed by atoms with Crippen LogP contribution in [0.4, 0.5) is 0 Å². The van der Waals surface area contributed by atoms with Crippen LogP contribution < -0.4 is 0 Å². The van der Waals surface area contributed by atoms with Crippen molar-refractivity contribution in [2.45, 2.75) is 27.7 Å². The highest BCUT2D eigenvalue weighted by atomic mass is 32.1. The van der Waals surface area contributed by atoms with Gasteiger partial charge in [0.25, 0.3) is 0 Å². The molecule has 0 aliphatic rings. The third-order valence-corrected chi connectivity index (χ3v) is 3.21. The minimum absolute atomic E-state index is 0.989. The van der Waals surface area contributed by atoms with E-state index in [1.54, 1.807) is 11.3 Å². The van der Waals surface area contributed by atoms with Gasteiger partial charge in [-0.25, -0.2) is 0 Å². The van der Waals surface area contributed by atoms with E-state index in [-0.39, 0.29) is 0 Å². The van der Waals surface area contributed by atoms with E-state index in [9.17, 15) is 0 Å². The average Bonchev–Trinajstić information content (AvgIpc) is 2.71. The number of aromatic nitrogens is 1. The minimum Gasteiger partial charge on any atom is -0.260 e. The normalized spacial score (nSPS) is 9.27. The Kier molecular flexibility index (Phi) is 3.88. The predicted molar refractivity (Wildman–Crippen MR) is 68.4 cm³/mol. The summed E-state index contributed by atoms with van der Waals surface area (Å²) in [5.74, 6) is 2.70. The molecule has 2 aromatic rings. The molecule has 0 saturated heterocycles. The molecular weight excluding hydrogens is 202 g/mol. The van der Waals surface area contributed by atoms with Crippen LogP contribution in [-0.4, -0.2) is 4.98 Å². The molecular formula is C13H15NS.